The van der Waals surface area contributed by atoms with Crippen LogP contribution < -0.4 is 9.64 Å². The third kappa shape index (κ3) is 4.72. The summed E-state index contributed by atoms with van der Waals surface area (Å²) in [5, 5.41) is 0.987. The Morgan fingerprint density at radius 2 is 1.94 bits per heavy atom. The third-order valence-corrected chi connectivity index (χ3v) is 8.13. The molecule has 0 spiro atoms. The van der Waals surface area contributed by atoms with Crippen molar-refractivity contribution in [2.24, 2.45) is 17.8 Å². The summed E-state index contributed by atoms with van der Waals surface area (Å²) in [5.41, 5.74) is 2.38. The van der Waals surface area contributed by atoms with Gasteiger partial charge in [0.15, 0.2) is 6.10 Å². The van der Waals surface area contributed by atoms with E-state index in [4.69, 9.17) is 9.47 Å². The number of thiazole rings is 1. The largest absolute Gasteiger partial charge is 0.479 e. The van der Waals surface area contributed by atoms with Gasteiger partial charge < -0.3 is 9.47 Å². The normalized spacial score (nSPS) is 25.6. The van der Waals surface area contributed by atoms with Gasteiger partial charge in [-0.3, -0.25) is 9.69 Å². The number of nitrogens with zero attached hydrogens (tertiary/aromatic N) is 2. The molecule has 0 saturated heterocycles. The van der Waals surface area contributed by atoms with Gasteiger partial charge in [-0.05, 0) is 76.5 Å². The molecule has 1 aromatic heterocycles. The van der Waals surface area contributed by atoms with Crippen molar-refractivity contribution in [1.82, 2.24) is 4.98 Å². The van der Waals surface area contributed by atoms with Crippen molar-refractivity contribution in [3.63, 3.8) is 0 Å². The monoisotopic (exact) mass is 484 g/mol. The molecule has 0 N–H and O–H groups in total. The van der Waals surface area contributed by atoms with Crippen LogP contribution in [0.4, 0.5) is 5.69 Å². The zero-order valence-corrected chi connectivity index (χ0v) is 22.1. The second-order valence-corrected chi connectivity index (χ2v) is 11.7. The van der Waals surface area contributed by atoms with E-state index in [1.165, 1.54) is 0 Å². The Kier molecular flexibility index (Phi) is 7.04. The Balaban J connectivity index is 1.64. The molecule has 1 fully saturated rings. The molecule has 7 heteroatoms. The van der Waals surface area contributed by atoms with Crippen LogP contribution in [0.15, 0.2) is 18.2 Å². The van der Waals surface area contributed by atoms with E-state index in [0.717, 1.165) is 40.4 Å². The maximum atomic E-state index is 13.4. The quantitative estimate of drug-likeness (QED) is 0.492. The standard InChI is InChI=1S/C27H36N2O4S/c1-14(2)21-10-8-15(3)12-24(21)33-27(31)16(4)29-22-13-20(25-18(6)34-19(7)28-25)9-11-23(22)32-17(5)26(29)30/h9,11,13-17,21,24H,8,10,12H2,1-7H3. The van der Waals surface area contributed by atoms with Crippen molar-refractivity contribution in [1.29, 1.82) is 0 Å². The van der Waals surface area contributed by atoms with Crippen LogP contribution in [-0.2, 0) is 14.3 Å². The van der Waals surface area contributed by atoms with E-state index in [-0.39, 0.29) is 18.0 Å². The van der Waals surface area contributed by atoms with E-state index in [9.17, 15) is 9.59 Å². The van der Waals surface area contributed by atoms with Gasteiger partial charge >= 0.3 is 5.97 Å². The fourth-order valence-electron chi connectivity index (χ4n) is 5.31. The lowest BCUT2D eigenvalue weighted by atomic mass is 9.75. The van der Waals surface area contributed by atoms with Crippen LogP contribution >= 0.6 is 11.3 Å². The summed E-state index contributed by atoms with van der Waals surface area (Å²) in [5.74, 6) is 1.31. The highest BCUT2D eigenvalue weighted by Gasteiger charge is 2.40. The number of amides is 1. The molecule has 1 amide bonds. The lowest BCUT2D eigenvalue weighted by Gasteiger charge is -2.39. The van der Waals surface area contributed by atoms with Gasteiger partial charge in [-0.2, -0.15) is 0 Å². The Labute approximate surface area is 206 Å². The molecular formula is C27H36N2O4S. The van der Waals surface area contributed by atoms with Gasteiger partial charge in [0, 0.05) is 10.4 Å². The number of aromatic nitrogens is 1. The molecular weight excluding hydrogens is 448 g/mol. The van der Waals surface area contributed by atoms with Gasteiger partial charge in [0.05, 0.1) is 16.4 Å². The summed E-state index contributed by atoms with van der Waals surface area (Å²) in [7, 11) is 0. The molecule has 1 aliphatic heterocycles. The fraction of sp³-hybridized carbons (Fsp3) is 0.593. The van der Waals surface area contributed by atoms with E-state index in [1.807, 2.05) is 32.0 Å². The molecule has 2 aromatic rings. The third-order valence-electron chi connectivity index (χ3n) is 7.24. The maximum absolute atomic E-state index is 13.4. The van der Waals surface area contributed by atoms with Crippen molar-refractivity contribution < 1.29 is 19.1 Å². The molecule has 0 radical (unpaired) electrons. The Morgan fingerprint density at radius 3 is 2.59 bits per heavy atom. The first-order chi connectivity index (χ1) is 16.1. The van der Waals surface area contributed by atoms with Gasteiger partial charge in [0.1, 0.15) is 17.9 Å². The van der Waals surface area contributed by atoms with Crippen molar-refractivity contribution in [3.05, 3.63) is 28.1 Å². The molecule has 34 heavy (non-hydrogen) atoms. The van der Waals surface area contributed by atoms with Gasteiger partial charge in [0.2, 0.25) is 0 Å². The number of benzene rings is 1. The molecule has 184 valence electrons. The Bertz CT molecular complexity index is 1080. The van der Waals surface area contributed by atoms with E-state index in [1.54, 1.807) is 30.1 Å². The van der Waals surface area contributed by atoms with Gasteiger partial charge in [-0.1, -0.05) is 27.2 Å². The molecule has 5 atom stereocenters. The number of esters is 1. The highest BCUT2D eigenvalue weighted by Crippen LogP contribution is 2.40. The number of ether oxygens (including phenoxy) is 2. The van der Waals surface area contributed by atoms with Crippen LogP contribution in [-0.4, -0.2) is 35.1 Å². The summed E-state index contributed by atoms with van der Waals surface area (Å²) in [6.45, 7) is 14.1. The van der Waals surface area contributed by atoms with Gasteiger partial charge in [-0.15, -0.1) is 11.3 Å². The molecule has 6 nitrogen and oxygen atoms in total. The summed E-state index contributed by atoms with van der Waals surface area (Å²) in [6.07, 6.45) is 2.32. The number of hydrogen-bond acceptors (Lipinski definition) is 6. The highest BCUT2D eigenvalue weighted by atomic mass is 32.1. The minimum Gasteiger partial charge on any atom is -0.479 e. The zero-order chi connectivity index (χ0) is 24.7. The first-order valence-electron chi connectivity index (χ1n) is 12.4. The van der Waals surface area contributed by atoms with Crippen LogP contribution in [0.1, 0.15) is 63.8 Å². The first-order valence-corrected chi connectivity index (χ1v) is 13.2. The van der Waals surface area contributed by atoms with Gasteiger partial charge in [-0.25, -0.2) is 9.78 Å². The number of aryl methyl sites for hydroxylation is 2. The number of fused-ring (bicyclic) bond motifs is 1. The SMILES string of the molecule is Cc1nc(-c2ccc3c(c2)N(C(C)C(=O)OC2CC(C)CCC2C(C)C)C(=O)C(C)O3)c(C)s1. The summed E-state index contributed by atoms with van der Waals surface area (Å²) in [4.78, 5) is 34.0. The van der Waals surface area contributed by atoms with E-state index < -0.39 is 12.1 Å². The van der Waals surface area contributed by atoms with Crippen LogP contribution in [0, 0.1) is 31.6 Å². The minimum atomic E-state index is -0.754. The number of anilines is 1. The topological polar surface area (TPSA) is 68.7 Å². The molecule has 1 saturated carbocycles. The molecule has 1 aromatic carbocycles. The van der Waals surface area contributed by atoms with E-state index >= 15 is 0 Å². The Morgan fingerprint density at radius 1 is 1.21 bits per heavy atom. The lowest BCUT2D eigenvalue weighted by Crippen LogP contribution is -2.52. The summed E-state index contributed by atoms with van der Waals surface area (Å²) >= 11 is 1.64. The zero-order valence-electron chi connectivity index (χ0n) is 21.3. The molecule has 0 bridgehead atoms. The Hall–Kier alpha value is -2.41. The van der Waals surface area contributed by atoms with E-state index in [0.29, 0.717) is 29.2 Å². The molecule has 2 aliphatic rings. The van der Waals surface area contributed by atoms with E-state index in [2.05, 4.69) is 25.8 Å². The molecule has 5 unspecified atom stereocenters. The van der Waals surface area contributed by atoms with Crippen molar-refractivity contribution in [2.75, 3.05) is 4.90 Å². The van der Waals surface area contributed by atoms with Crippen LogP contribution in [0.3, 0.4) is 0 Å². The number of carbonyl (C=O) groups excluding carboxylic acids is 2. The molecule has 1 aliphatic carbocycles. The average Bonchev–Trinajstić information content (AvgIpc) is 3.11. The predicted molar refractivity (Wildman–Crippen MR) is 135 cm³/mol. The second-order valence-electron chi connectivity index (χ2n) is 10.3. The average molecular weight is 485 g/mol. The highest BCUT2D eigenvalue weighted by molar-refractivity contribution is 7.11. The number of carbonyl (C=O) groups is 2. The molecule has 4 rings (SSSR count). The fourth-order valence-corrected chi connectivity index (χ4v) is 6.15. The van der Waals surface area contributed by atoms with Crippen molar-refractivity contribution >= 4 is 28.9 Å². The number of hydrogen-bond donors (Lipinski definition) is 0. The lowest BCUT2D eigenvalue weighted by molar-refractivity contribution is -0.158. The number of rotatable bonds is 5. The minimum absolute atomic E-state index is 0.112. The predicted octanol–water partition coefficient (Wildman–Crippen LogP) is 5.93. The van der Waals surface area contributed by atoms with Crippen molar-refractivity contribution in [3.8, 4) is 17.0 Å². The smallest absolute Gasteiger partial charge is 0.329 e. The second kappa shape index (κ2) is 9.68. The first kappa shape index (κ1) is 24.7. The molecule has 2 heterocycles. The van der Waals surface area contributed by atoms with Gasteiger partial charge in [0.25, 0.3) is 5.91 Å². The van der Waals surface area contributed by atoms with Crippen LogP contribution in [0.25, 0.3) is 11.3 Å². The summed E-state index contributed by atoms with van der Waals surface area (Å²) in [6, 6.07) is 4.98. The summed E-state index contributed by atoms with van der Waals surface area (Å²) < 4.78 is 12.0. The van der Waals surface area contributed by atoms with Crippen molar-refractivity contribution in [2.45, 2.75) is 86.0 Å². The van der Waals surface area contributed by atoms with Crippen LogP contribution in [0.2, 0.25) is 0 Å². The van der Waals surface area contributed by atoms with Crippen LogP contribution in [0.5, 0.6) is 5.75 Å². The maximum Gasteiger partial charge on any atom is 0.329 e.